The van der Waals surface area contributed by atoms with Crippen molar-refractivity contribution in [3.63, 3.8) is 0 Å². The quantitative estimate of drug-likeness (QED) is 0.238. The van der Waals surface area contributed by atoms with Gasteiger partial charge in [0.1, 0.15) is 5.83 Å². The van der Waals surface area contributed by atoms with E-state index in [0.717, 1.165) is 6.08 Å². The molecular weight excluding hydrogens is 559 g/mol. The summed E-state index contributed by atoms with van der Waals surface area (Å²) in [5.41, 5.74) is 0.463. The third-order valence-corrected chi connectivity index (χ3v) is 7.21. The molecule has 0 saturated heterocycles. The summed E-state index contributed by atoms with van der Waals surface area (Å²) in [6.07, 6.45) is -6.54. The van der Waals surface area contributed by atoms with E-state index < -0.39 is 42.0 Å². The fourth-order valence-corrected chi connectivity index (χ4v) is 4.50. The Morgan fingerprint density at radius 3 is 2.23 bits per heavy atom. The van der Waals surface area contributed by atoms with Crippen LogP contribution >= 0.6 is 46.6 Å². The van der Waals surface area contributed by atoms with Crippen molar-refractivity contribution in [2.75, 3.05) is 11.5 Å². The maximum atomic E-state index is 14.9. The molecule has 12 heteroatoms. The SMILES string of the molecule is Cc1cc(/C(F)=C/C(c2cc(Cl)c(Cl)c(Cl)c2)C(F)F)ccc1C(=O)NC(C)CSCC(F)(F)F. The largest absolute Gasteiger partial charge is 0.397 e. The molecule has 0 aromatic heterocycles. The van der Waals surface area contributed by atoms with Crippen LogP contribution in [0, 0.1) is 6.92 Å². The molecule has 2 atom stereocenters. The molecule has 0 spiro atoms. The van der Waals surface area contributed by atoms with Crippen molar-refractivity contribution in [3.05, 3.63) is 73.7 Å². The molecule has 0 radical (unpaired) electrons. The van der Waals surface area contributed by atoms with Crippen LogP contribution in [-0.4, -0.2) is 36.1 Å². The van der Waals surface area contributed by atoms with E-state index in [1.165, 1.54) is 37.3 Å². The van der Waals surface area contributed by atoms with E-state index in [-0.39, 0.29) is 37.5 Å². The van der Waals surface area contributed by atoms with Gasteiger partial charge in [0.25, 0.3) is 5.91 Å². The average Bonchev–Trinajstić information content (AvgIpc) is 2.73. The van der Waals surface area contributed by atoms with Crippen molar-refractivity contribution in [1.29, 1.82) is 0 Å². The molecule has 2 rings (SSSR count). The lowest BCUT2D eigenvalue weighted by molar-refractivity contribution is -0.105. The average molecular weight is 579 g/mol. The minimum absolute atomic E-state index is 0.00712. The number of alkyl halides is 5. The molecule has 2 aromatic rings. The second-order valence-electron chi connectivity index (χ2n) is 7.71. The topological polar surface area (TPSA) is 29.1 Å². The van der Waals surface area contributed by atoms with Crippen molar-refractivity contribution >= 4 is 58.3 Å². The van der Waals surface area contributed by atoms with Crippen molar-refractivity contribution in [2.24, 2.45) is 0 Å². The first-order chi connectivity index (χ1) is 16.2. The summed E-state index contributed by atoms with van der Waals surface area (Å²) in [7, 11) is 0. The van der Waals surface area contributed by atoms with Gasteiger partial charge in [0.15, 0.2) is 0 Å². The maximum absolute atomic E-state index is 14.9. The van der Waals surface area contributed by atoms with Gasteiger partial charge in [-0.1, -0.05) is 40.9 Å². The number of thioether (sulfide) groups is 1. The Kier molecular flexibility index (Phi) is 10.7. The second-order valence-corrected chi connectivity index (χ2v) is 9.93. The summed E-state index contributed by atoms with van der Waals surface area (Å²) in [4.78, 5) is 12.5. The van der Waals surface area contributed by atoms with E-state index in [0.29, 0.717) is 17.3 Å². The number of amides is 1. The lowest BCUT2D eigenvalue weighted by Gasteiger charge is -2.16. The highest BCUT2D eigenvalue weighted by Gasteiger charge is 2.27. The number of benzene rings is 2. The fraction of sp³-hybridized carbons (Fsp3) is 0.348. The van der Waals surface area contributed by atoms with E-state index in [2.05, 4.69) is 5.32 Å². The molecule has 0 heterocycles. The molecule has 0 saturated carbocycles. The van der Waals surface area contributed by atoms with Gasteiger partial charge in [-0.2, -0.15) is 24.9 Å². The maximum Gasteiger partial charge on any atom is 0.397 e. The Hall–Kier alpha value is -1.55. The van der Waals surface area contributed by atoms with Gasteiger partial charge in [-0.15, -0.1) is 0 Å². The summed E-state index contributed by atoms with van der Waals surface area (Å²) in [6.45, 7) is 3.09. The van der Waals surface area contributed by atoms with Crippen LogP contribution in [0.3, 0.4) is 0 Å². The monoisotopic (exact) mass is 577 g/mol. The molecule has 2 unspecified atom stereocenters. The zero-order valence-electron chi connectivity index (χ0n) is 18.3. The van der Waals surface area contributed by atoms with E-state index in [1.54, 1.807) is 6.92 Å². The van der Waals surface area contributed by atoms with Crippen LogP contribution in [-0.2, 0) is 0 Å². The molecule has 2 aromatic carbocycles. The molecule has 1 amide bonds. The number of hydrogen-bond donors (Lipinski definition) is 1. The Balaban J connectivity index is 2.18. The molecule has 0 bridgehead atoms. The van der Waals surface area contributed by atoms with Gasteiger partial charge in [-0.3, -0.25) is 4.79 Å². The third-order valence-electron chi connectivity index (χ3n) is 4.75. The highest BCUT2D eigenvalue weighted by molar-refractivity contribution is 7.99. The number of carbonyl (C=O) groups excluding carboxylic acids is 1. The van der Waals surface area contributed by atoms with Gasteiger partial charge in [-0.05, 0) is 55.3 Å². The van der Waals surface area contributed by atoms with Crippen LogP contribution in [0.5, 0.6) is 0 Å². The molecule has 0 aliphatic rings. The first-order valence-corrected chi connectivity index (χ1v) is 12.3. The van der Waals surface area contributed by atoms with Gasteiger partial charge in [0.05, 0.1) is 26.7 Å². The lowest BCUT2D eigenvalue weighted by atomic mass is 9.96. The predicted octanol–water partition coefficient (Wildman–Crippen LogP) is 8.73. The van der Waals surface area contributed by atoms with Gasteiger partial charge < -0.3 is 5.32 Å². The number of rotatable bonds is 9. The zero-order valence-corrected chi connectivity index (χ0v) is 21.4. The first kappa shape index (κ1) is 29.7. The van der Waals surface area contributed by atoms with Crippen LogP contribution in [0.25, 0.3) is 5.83 Å². The first-order valence-electron chi connectivity index (χ1n) is 10.1. The molecule has 0 fully saturated rings. The summed E-state index contributed by atoms with van der Waals surface area (Å²) < 4.78 is 79.1. The van der Waals surface area contributed by atoms with Gasteiger partial charge in [0.2, 0.25) is 6.43 Å². The number of nitrogens with one attached hydrogen (secondary N) is 1. The Morgan fingerprint density at radius 2 is 1.71 bits per heavy atom. The summed E-state index contributed by atoms with van der Waals surface area (Å²) in [5, 5.41) is 2.48. The molecule has 192 valence electrons. The number of carbonyl (C=O) groups is 1. The molecule has 0 aliphatic carbocycles. The summed E-state index contributed by atoms with van der Waals surface area (Å²) in [5.74, 6) is -4.15. The Labute approximate surface area is 218 Å². The number of halogens is 9. The third kappa shape index (κ3) is 8.81. The zero-order chi connectivity index (χ0) is 26.5. The molecule has 35 heavy (non-hydrogen) atoms. The van der Waals surface area contributed by atoms with Crippen LogP contribution in [0.2, 0.25) is 15.1 Å². The van der Waals surface area contributed by atoms with Crippen molar-refractivity contribution in [1.82, 2.24) is 5.32 Å². The predicted molar refractivity (Wildman–Crippen MR) is 131 cm³/mol. The number of allylic oxidation sites excluding steroid dienone is 1. The van der Waals surface area contributed by atoms with Gasteiger partial charge in [0, 0.05) is 22.9 Å². The minimum Gasteiger partial charge on any atom is -0.349 e. The Morgan fingerprint density at radius 1 is 1.11 bits per heavy atom. The normalized spacial score (nSPS) is 14.2. The second kappa shape index (κ2) is 12.6. The molecule has 0 aliphatic heterocycles. The van der Waals surface area contributed by atoms with Crippen molar-refractivity contribution in [2.45, 2.75) is 38.4 Å². The van der Waals surface area contributed by atoms with Crippen LogP contribution in [0.1, 0.15) is 39.9 Å². The van der Waals surface area contributed by atoms with E-state index in [9.17, 15) is 31.1 Å². The van der Waals surface area contributed by atoms with Crippen LogP contribution < -0.4 is 5.32 Å². The lowest BCUT2D eigenvalue weighted by Crippen LogP contribution is -2.35. The minimum atomic E-state index is -4.30. The van der Waals surface area contributed by atoms with E-state index in [1.807, 2.05) is 0 Å². The molecular formula is C23H20Cl3F6NOS. The van der Waals surface area contributed by atoms with Crippen molar-refractivity contribution in [3.8, 4) is 0 Å². The van der Waals surface area contributed by atoms with Crippen molar-refractivity contribution < 1.29 is 31.1 Å². The fourth-order valence-electron chi connectivity index (χ4n) is 3.10. The van der Waals surface area contributed by atoms with Gasteiger partial charge in [-0.25, -0.2) is 13.2 Å². The highest BCUT2D eigenvalue weighted by atomic mass is 35.5. The van der Waals surface area contributed by atoms with Crippen LogP contribution in [0.4, 0.5) is 26.3 Å². The Bertz CT molecular complexity index is 1070. The summed E-state index contributed by atoms with van der Waals surface area (Å²) in [6, 6.07) is 5.70. The van der Waals surface area contributed by atoms with E-state index >= 15 is 0 Å². The standard InChI is InChI=1S/C23H20Cl3F6NOS/c1-11-5-13(3-4-15(11)22(34)33-12(2)9-35-10-23(30,31)32)19(27)8-16(21(28)29)14-6-17(24)20(26)18(25)7-14/h3-8,12,16,21H,9-10H2,1-2H3,(H,33,34)/b19-8-. The smallest absolute Gasteiger partial charge is 0.349 e. The van der Waals surface area contributed by atoms with Gasteiger partial charge >= 0.3 is 6.18 Å². The van der Waals surface area contributed by atoms with E-state index in [4.69, 9.17) is 34.8 Å². The molecule has 1 N–H and O–H groups in total. The number of aryl methyl sites for hydroxylation is 1. The number of hydrogen-bond acceptors (Lipinski definition) is 2. The van der Waals surface area contributed by atoms with Crippen LogP contribution in [0.15, 0.2) is 36.4 Å². The molecule has 2 nitrogen and oxygen atoms in total. The highest BCUT2D eigenvalue weighted by Crippen LogP contribution is 2.37. The summed E-state index contributed by atoms with van der Waals surface area (Å²) >= 11 is 18.3.